The monoisotopic (exact) mass is 255 g/mol. The summed E-state index contributed by atoms with van der Waals surface area (Å²) in [4.78, 5) is 19.6. The molecular weight excluding hydrogens is 247 g/mol. The molecule has 1 aromatic heterocycles. The lowest BCUT2D eigenvalue weighted by Crippen LogP contribution is -2.26. The molecule has 2 heterocycles. The van der Waals surface area contributed by atoms with Gasteiger partial charge in [0.05, 0.1) is 0 Å². The predicted molar refractivity (Wildman–Crippen MR) is 56.3 cm³/mol. The van der Waals surface area contributed by atoms with Crippen LogP contribution in [0.2, 0.25) is 0 Å². The van der Waals surface area contributed by atoms with Gasteiger partial charge in [0.1, 0.15) is 17.8 Å². The fourth-order valence-corrected chi connectivity index (χ4v) is 1.69. The Kier molecular flexibility index (Phi) is 2.95. The van der Waals surface area contributed by atoms with Gasteiger partial charge in [-0.15, -0.1) is 12.3 Å². The van der Waals surface area contributed by atoms with Gasteiger partial charge in [-0.1, -0.05) is 0 Å². The zero-order valence-corrected chi connectivity index (χ0v) is 9.11. The topological polar surface area (TPSA) is 46.1 Å². The van der Waals surface area contributed by atoms with Crippen molar-refractivity contribution >= 4 is 11.7 Å². The second-order valence-corrected chi connectivity index (χ2v) is 3.83. The molecule has 1 aliphatic rings. The normalized spacial score (nSPS) is 20.0. The van der Waals surface area contributed by atoms with Gasteiger partial charge in [-0.2, -0.15) is 13.2 Å². The standard InChI is InChI=1S/C11H8F3N3O/c1-2-7-3-10(18)17(5-7)9-4-8(11(12,13)14)15-6-16-9/h1,4,6-7H,3,5H2. The molecule has 1 atom stereocenters. The SMILES string of the molecule is C#CC1CC(=O)N(c2cc(C(F)(F)F)ncn2)C1. The lowest BCUT2D eigenvalue weighted by atomic mass is 10.1. The number of nitrogens with zero attached hydrogens (tertiary/aromatic N) is 3. The lowest BCUT2D eigenvalue weighted by molar-refractivity contribution is -0.141. The summed E-state index contributed by atoms with van der Waals surface area (Å²) in [7, 11) is 0. The Morgan fingerprint density at radius 1 is 1.44 bits per heavy atom. The molecule has 0 N–H and O–H groups in total. The number of halogens is 3. The molecule has 0 aromatic carbocycles. The van der Waals surface area contributed by atoms with Crippen molar-refractivity contribution in [2.75, 3.05) is 11.4 Å². The number of hydrogen-bond acceptors (Lipinski definition) is 3. The first-order valence-electron chi connectivity index (χ1n) is 5.07. The molecule has 18 heavy (non-hydrogen) atoms. The van der Waals surface area contributed by atoms with E-state index in [2.05, 4.69) is 15.9 Å². The third-order valence-electron chi connectivity index (χ3n) is 2.58. The number of amides is 1. The van der Waals surface area contributed by atoms with E-state index in [1.165, 1.54) is 0 Å². The van der Waals surface area contributed by atoms with Gasteiger partial charge in [0.25, 0.3) is 0 Å². The maximum absolute atomic E-state index is 12.5. The third-order valence-corrected chi connectivity index (χ3v) is 2.58. The van der Waals surface area contributed by atoms with Crippen LogP contribution in [-0.2, 0) is 11.0 Å². The van der Waals surface area contributed by atoms with E-state index in [1.807, 2.05) is 0 Å². The molecule has 1 amide bonds. The Balaban J connectivity index is 2.30. The minimum absolute atomic E-state index is 0.0694. The van der Waals surface area contributed by atoms with E-state index >= 15 is 0 Å². The Bertz CT molecular complexity index is 521. The predicted octanol–water partition coefficient (Wildman–Crippen LogP) is 1.48. The number of anilines is 1. The maximum Gasteiger partial charge on any atom is 0.433 e. The molecule has 1 saturated heterocycles. The van der Waals surface area contributed by atoms with E-state index in [4.69, 9.17) is 6.42 Å². The zero-order chi connectivity index (χ0) is 13.3. The first-order valence-corrected chi connectivity index (χ1v) is 5.07. The van der Waals surface area contributed by atoms with Gasteiger partial charge in [-0.05, 0) is 0 Å². The molecule has 2 rings (SSSR count). The maximum atomic E-state index is 12.5. The number of carbonyl (C=O) groups is 1. The van der Waals surface area contributed by atoms with Crippen molar-refractivity contribution in [1.29, 1.82) is 0 Å². The summed E-state index contributed by atoms with van der Waals surface area (Å²) in [6, 6.07) is 0.747. The quantitative estimate of drug-likeness (QED) is 0.714. The van der Waals surface area contributed by atoms with E-state index in [9.17, 15) is 18.0 Å². The molecule has 0 bridgehead atoms. The average Bonchev–Trinajstić information content (AvgIpc) is 2.70. The average molecular weight is 255 g/mol. The molecule has 1 aromatic rings. The summed E-state index contributed by atoms with van der Waals surface area (Å²) in [5.41, 5.74) is -1.08. The van der Waals surface area contributed by atoms with Gasteiger partial charge in [0.15, 0.2) is 0 Å². The van der Waals surface area contributed by atoms with Crippen molar-refractivity contribution < 1.29 is 18.0 Å². The van der Waals surface area contributed by atoms with Crippen molar-refractivity contribution in [3.05, 3.63) is 18.1 Å². The Morgan fingerprint density at radius 3 is 2.72 bits per heavy atom. The highest BCUT2D eigenvalue weighted by atomic mass is 19.4. The molecule has 1 unspecified atom stereocenters. The summed E-state index contributed by atoms with van der Waals surface area (Å²) >= 11 is 0. The summed E-state index contributed by atoms with van der Waals surface area (Å²) < 4.78 is 37.4. The summed E-state index contributed by atoms with van der Waals surface area (Å²) in [5, 5.41) is 0. The highest BCUT2D eigenvalue weighted by Crippen LogP contribution is 2.30. The van der Waals surface area contributed by atoms with Crippen LogP contribution >= 0.6 is 0 Å². The van der Waals surface area contributed by atoms with Gasteiger partial charge in [0.2, 0.25) is 5.91 Å². The fraction of sp³-hybridized carbons (Fsp3) is 0.364. The minimum atomic E-state index is -4.56. The van der Waals surface area contributed by atoms with Crippen LogP contribution in [0.4, 0.5) is 19.0 Å². The van der Waals surface area contributed by atoms with Crippen LogP contribution in [0.1, 0.15) is 12.1 Å². The first kappa shape index (κ1) is 12.4. The van der Waals surface area contributed by atoms with Crippen LogP contribution in [0.5, 0.6) is 0 Å². The number of carbonyl (C=O) groups excluding carboxylic acids is 1. The lowest BCUT2D eigenvalue weighted by Gasteiger charge is -2.15. The molecule has 1 fully saturated rings. The number of aromatic nitrogens is 2. The van der Waals surface area contributed by atoms with E-state index in [-0.39, 0.29) is 30.6 Å². The highest BCUT2D eigenvalue weighted by molar-refractivity contribution is 5.95. The molecule has 0 spiro atoms. The van der Waals surface area contributed by atoms with Crippen LogP contribution in [0, 0.1) is 18.3 Å². The first-order chi connectivity index (χ1) is 8.41. The summed E-state index contributed by atoms with van der Waals surface area (Å²) in [6.45, 7) is 0.184. The molecule has 0 aliphatic carbocycles. The Hall–Kier alpha value is -2.10. The van der Waals surface area contributed by atoms with Crippen LogP contribution in [0.3, 0.4) is 0 Å². The van der Waals surface area contributed by atoms with Crippen molar-refractivity contribution in [2.45, 2.75) is 12.6 Å². The molecule has 94 valence electrons. The number of hydrogen-bond donors (Lipinski definition) is 0. The Labute approximate surface area is 101 Å². The van der Waals surface area contributed by atoms with Gasteiger partial charge in [0, 0.05) is 24.9 Å². The second kappa shape index (κ2) is 4.29. The van der Waals surface area contributed by atoms with Gasteiger partial charge < -0.3 is 0 Å². The van der Waals surface area contributed by atoms with Gasteiger partial charge >= 0.3 is 6.18 Å². The van der Waals surface area contributed by atoms with E-state index in [0.717, 1.165) is 17.3 Å². The second-order valence-electron chi connectivity index (χ2n) is 3.83. The largest absolute Gasteiger partial charge is 0.433 e. The fourth-order valence-electron chi connectivity index (χ4n) is 1.69. The van der Waals surface area contributed by atoms with Crippen LogP contribution < -0.4 is 4.90 Å². The van der Waals surface area contributed by atoms with Crippen molar-refractivity contribution in [3.63, 3.8) is 0 Å². The van der Waals surface area contributed by atoms with Crippen LogP contribution in [0.15, 0.2) is 12.4 Å². The Morgan fingerprint density at radius 2 is 2.17 bits per heavy atom. The van der Waals surface area contributed by atoms with Crippen molar-refractivity contribution in [1.82, 2.24) is 9.97 Å². The summed E-state index contributed by atoms with van der Waals surface area (Å²) in [6.07, 6.45) is 1.54. The molecule has 4 nitrogen and oxygen atoms in total. The van der Waals surface area contributed by atoms with Crippen molar-refractivity contribution in [2.24, 2.45) is 5.92 Å². The van der Waals surface area contributed by atoms with Crippen LogP contribution in [-0.4, -0.2) is 22.4 Å². The van der Waals surface area contributed by atoms with Gasteiger partial charge in [-0.25, -0.2) is 9.97 Å². The van der Waals surface area contributed by atoms with E-state index < -0.39 is 11.9 Å². The molecule has 0 radical (unpaired) electrons. The molecular formula is C11H8F3N3O. The number of rotatable bonds is 1. The van der Waals surface area contributed by atoms with Gasteiger partial charge in [-0.3, -0.25) is 9.69 Å². The zero-order valence-electron chi connectivity index (χ0n) is 9.11. The highest BCUT2D eigenvalue weighted by Gasteiger charge is 2.35. The smallest absolute Gasteiger partial charge is 0.295 e. The number of terminal acetylenes is 1. The third kappa shape index (κ3) is 2.27. The van der Waals surface area contributed by atoms with Crippen molar-refractivity contribution in [3.8, 4) is 12.3 Å². The van der Waals surface area contributed by atoms with Crippen LogP contribution in [0.25, 0.3) is 0 Å². The summed E-state index contributed by atoms with van der Waals surface area (Å²) in [5.74, 6) is 1.72. The van der Waals surface area contributed by atoms with E-state index in [1.54, 1.807) is 0 Å². The number of alkyl halides is 3. The van der Waals surface area contributed by atoms with E-state index in [0.29, 0.717) is 0 Å². The molecule has 0 saturated carbocycles. The minimum Gasteiger partial charge on any atom is -0.295 e. The molecule has 7 heteroatoms. The molecule has 1 aliphatic heterocycles.